The monoisotopic (exact) mass is 401 g/mol. The van der Waals surface area contributed by atoms with Crippen LogP contribution in [0, 0.1) is 0 Å². The first-order valence-corrected chi connectivity index (χ1v) is 10.4. The number of fused-ring (bicyclic) bond motifs is 1. The van der Waals surface area contributed by atoms with Crippen LogP contribution >= 0.6 is 11.3 Å². The number of para-hydroxylation sites is 1. The molecule has 0 amide bonds. The van der Waals surface area contributed by atoms with Gasteiger partial charge in [0.15, 0.2) is 0 Å². The third kappa shape index (κ3) is 4.54. The predicted molar refractivity (Wildman–Crippen MR) is 108 cm³/mol. The van der Waals surface area contributed by atoms with Crippen LogP contribution in [0.1, 0.15) is 22.5 Å². The summed E-state index contributed by atoms with van der Waals surface area (Å²) in [7, 11) is 0. The first kappa shape index (κ1) is 20.8. The van der Waals surface area contributed by atoms with Gasteiger partial charge < -0.3 is 9.29 Å². The van der Waals surface area contributed by atoms with Crippen LogP contribution in [0.15, 0.2) is 84.9 Å². The Morgan fingerprint density at radius 2 is 1.43 bits per heavy atom. The molecule has 4 nitrogen and oxygen atoms in total. The molecule has 0 spiro atoms. The van der Waals surface area contributed by atoms with Gasteiger partial charge in [0.05, 0.1) is 15.5 Å². The molecule has 3 atom stereocenters. The van der Waals surface area contributed by atoms with Crippen LogP contribution < -0.4 is 23.6 Å². The Labute approximate surface area is 182 Å². The van der Waals surface area contributed by atoms with Gasteiger partial charge in [-0.3, -0.25) is 4.21 Å². The van der Waals surface area contributed by atoms with E-state index in [1.165, 1.54) is 11.3 Å². The Morgan fingerprint density at radius 3 is 2.04 bits per heavy atom. The first-order valence-electron chi connectivity index (χ1n) is 8.42. The topological polar surface area (TPSA) is 62.2 Å². The number of thiazole rings is 1. The van der Waals surface area contributed by atoms with Gasteiger partial charge in [-0.05, 0) is 34.3 Å². The summed E-state index contributed by atoms with van der Waals surface area (Å²) >= 11 is -0.964. The van der Waals surface area contributed by atoms with E-state index in [2.05, 4.69) is 4.98 Å². The molecule has 0 fully saturated rings. The maximum absolute atomic E-state index is 12.2. The SMILES string of the molecule is O=S([O-])[C@H](c1ccccc1)[C@@H](Oc1nc2ccccc2s1)c1ccccc1.[Li+]. The van der Waals surface area contributed by atoms with Crippen LogP contribution in [0.3, 0.4) is 0 Å². The molecule has 0 saturated heterocycles. The molecule has 28 heavy (non-hydrogen) atoms. The van der Waals surface area contributed by atoms with Gasteiger partial charge in [-0.2, -0.15) is 0 Å². The maximum atomic E-state index is 12.2. The van der Waals surface area contributed by atoms with E-state index in [1.54, 1.807) is 12.1 Å². The molecule has 3 aromatic carbocycles. The van der Waals surface area contributed by atoms with Crippen LogP contribution in [0.2, 0.25) is 0 Å². The minimum atomic E-state index is -2.37. The molecule has 0 bridgehead atoms. The zero-order chi connectivity index (χ0) is 18.6. The molecule has 1 heterocycles. The molecule has 0 aliphatic carbocycles. The van der Waals surface area contributed by atoms with Crippen molar-refractivity contribution in [1.82, 2.24) is 4.98 Å². The smallest absolute Gasteiger partial charge is 0.772 e. The van der Waals surface area contributed by atoms with Crippen molar-refractivity contribution in [2.75, 3.05) is 0 Å². The number of nitrogens with zero attached hydrogens (tertiary/aromatic N) is 1. The van der Waals surface area contributed by atoms with Gasteiger partial charge in [0, 0.05) is 0 Å². The summed E-state index contributed by atoms with van der Waals surface area (Å²) in [4.78, 5) is 4.51. The molecule has 0 aliphatic heterocycles. The van der Waals surface area contributed by atoms with Crippen molar-refractivity contribution in [2.24, 2.45) is 0 Å². The number of benzene rings is 3. The van der Waals surface area contributed by atoms with Crippen LogP contribution in [0.5, 0.6) is 5.19 Å². The third-order valence-electron chi connectivity index (χ3n) is 4.24. The third-order valence-corrected chi connectivity index (χ3v) is 6.10. The zero-order valence-electron chi connectivity index (χ0n) is 15.2. The fraction of sp³-hybridized carbons (Fsp3) is 0.0952. The number of rotatable bonds is 6. The summed E-state index contributed by atoms with van der Waals surface area (Å²) in [6, 6.07) is 26.3. The van der Waals surface area contributed by atoms with Crippen molar-refractivity contribution in [1.29, 1.82) is 0 Å². The van der Waals surface area contributed by atoms with E-state index >= 15 is 0 Å². The van der Waals surface area contributed by atoms with Crippen LogP contribution in [0.4, 0.5) is 0 Å². The summed E-state index contributed by atoms with van der Waals surface area (Å²) in [5.74, 6) is 0. The Kier molecular flexibility index (Phi) is 7.06. The van der Waals surface area contributed by atoms with E-state index in [1.807, 2.05) is 72.8 Å². The second kappa shape index (κ2) is 9.51. The number of hydrogen-bond donors (Lipinski definition) is 0. The Hall–Kier alpha value is -1.94. The van der Waals surface area contributed by atoms with E-state index < -0.39 is 22.4 Å². The van der Waals surface area contributed by atoms with E-state index in [9.17, 15) is 8.76 Å². The Balaban J connectivity index is 0.00000225. The predicted octanol–water partition coefficient (Wildman–Crippen LogP) is 2.04. The van der Waals surface area contributed by atoms with E-state index in [0.717, 1.165) is 15.8 Å². The van der Waals surface area contributed by atoms with Gasteiger partial charge in [-0.25, -0.2) is 4.98 Å². The minimum absolute atomic E-state index is 0. The molecule has 1 unspecified atom stereocenters. The average Bonchev–Trinajstić information content (AvgIpc) is 3.11. The molecule has 0 N–H and O–H groups in total. The standard InChI is InChI=1S/C21H17NO3S2.Li/c23-27(24)20(16-11-5-2-6-12-16)19(15-9-3-1-4-10-15)25-21-22-17-13-7-8-14-18(17)26-21;/h1-14,19-20H,(H,23,24);/q;+1/p-1/t19-,20+;/m0./s1. The number of ether oxygens (including phenoxy) is 1. The first-order chi connectivity index (χ1) is 13.2. The second-order valence-corrected chi connectivity index (χ2v) is 8.01. The van der Waals surface area contributed by atoms with Crippen molar-refractivity contribution in [3.05, 3.63) is 96.1 Å². The molecule has 4 aromatic rings. The van der Waals surface area contributed by atoms with E-state index in [-0.39, 0.29) is 18.9 Å². The molecule has 7 heteroatoms. The summed E-state index contributed by atoms with van der Waals surface area (Å²) in [5.41, 5.74) is 2.31. The van der Waals surface area contributed by atoms with Gasteiger partial charge in [0.25, 0.3) is 5.19 Å². The van der Waals surface area contributed by atoms with Gasteiger partial charge >= 0.3 is 18.9 Å². The van der Waals surface area contributed by atoms with Crippen molar-refractivity contribution in [3.63, 3.8) is 0 Å². The maximum Gasteiger partial charge on any atom is 1.00 e. The summed E-state index contributed by atoms with van der Waals surface area (Å²) in [5, 5.41) is -0.392. The van der Waals surface area contributed by atoms with Gasteiger partial charge in [0.1, 0.15) is 6.10 Å². The largest absolute Gasteiger partial charge is 1.00 e. The summed E-state index contributed by atoms with van der Waals surface area (Å²) in [6.45, 7) is 0. The molecule has 0 saturated carbocycles. The molecule has 4 rings (SSSR count). The van der Waals surface area contributed by atoms with Gasteiger partial charge in [-0.1, -0.05) is 84.1 Å². The molecule has 0 radical (unpaired) electrons. The molecule has 0 aliphatic rings. The Morgan fingerprint density at radius 1 is 0.857 bits per heavy atom. The van der Waals surface area contributed by atoms with Gasteiger partial charge in [-0.15, -0.1) is 0 Å². The number of hydrogen-bond acceptors (Lipinski definition) is 5. The Bertz CT molecular complexity index is 1020. The van der Waals surface area contributed by atoms with Crippen LogP contribution in [-0.4, -0.2) is 13.7 Å². The fourth-order valence-electron chi connectivity index (χ4n) is 2.99. The average molecular weight is 401 g/mol. The normalized spacial score (nSPS) is 14.0. The quantitative estimate of drug-likeness (QED) is 0.366. The van der Waals surface area contributed by atoms with Crippen molar-refractivity contribution >= 4 is 32.6 Å². The molecule has 1 aromatic heterocycles. The van der Waals surface area contributed by atoms with Crippen molar-refractivity contribution < 1.29 is 32.4 Å². The van der Waals surface area contributed by atoms with Crippen molar-refractivity contribution in [2.45, 2.75) is 11.4 Å². The molecular formula is C21H16LiNO3S2. The van der Waals surface area contributed by atoms with E-state index in [4.69, 9.17) is 4.74 Å². The summed E-state index contributed by atoms with van der Waals surface area (Å²) in [6.07, 6.45) is -0.701. The van der Waals surface area contributed by atoms with Crippen LogP contribution in [-0.2, 0) is 11.1 Å². The summed E-state index contributed by atoms with van der Waals surface area (Å²) < 4.78 is 31.5. The van der Waals surface area contributed by atoms with Crippen LogP contribution in [0.25, 0.3) is 10.2 Å². The minimum Gasteiger partial charge on any atom is -0.772 e. The zero-order valence-corrected chi connectivity index (χ0v) is 16.9. The van der Waals surface area contributed by atoms with Gasteiger partial charge in [0.2, 0.25) is 0 Å². The second-order valence-electron chi connectivity index (χ2n) is 5.99. The number of aromatic nitrogens is 1. The van der Waals surface area contributed by atoms with E-state index in [0.29, 0.717) is 10.8 Å². The van der Waals surface area contributed by atoms with Crippen molar-refractivity contribution in [3.8, 4) is 5.19 Å². The molecule has 136 valence electrons. The fourth-order valence-corrected chi connectivity index (χ4v) is 4.63. The molecular weight excluding hydrogens is 385 g/mol.